The zero-order valence-corrected chi connectivity index (χ0v) is 21.1. The van der Waals surface area contributed by atoms with Crippen molar-refractivity contribution in [2.24, 2.45) is 0 Å². The molecule has 1 aliphatic rings. The molecule has 1 unspecified atom stereocenters. The number of nitrogens with one attached hydrogen (secondary N) is 2. The molecule has 13 heteroatoms. The second-order valence-electron chi connectivity index (χ2n) is 8.51. The van der Waals surface area contributed by atoms with Crippen molar-refractivity contribution in [3.8, 4) is 11.1 Å². The third-order valence-electron chi connectivity index (χ3n) is 5.58. The molecule has 0 saturated heterocycles. The Morgan fingerprint density at radius 2 is 1.85 bits per heavy atom. The van der Waals surface area contributed by atoms with E-state index >= 15 is 0 Å². The number of anilines is 1. The molecule has 2 heterocycles. The van der Waals surface area contributed by atoms with E-state index in [0.717, 1.165) is 5.56 Å². The van der Waals surface area contributed by atoms with Crippen LogP contribution in [0.3, 0.4) is 0 Å². The quantitative estimate of drug-likeness (QED) is 0.372. The molecule has 0 saturated carbocycles. The number of carboxylic acid groups (broad SMARTS) is 1. The normalized spacial score (nSPS) is 17.0. The van der Waals surface area contributed by atoms with E-state index in [0.29, 0.717) is 28.9 Å². The van der Waals surface area contributed by atoms with Crippen molar-refractivity contribution in [3.63, 3.8) is 0 Å². The van der Waals surface area contributed by atoms with Gasteiger partial charge in [-0.1, -0.05) is 30.3 Å². The van der Waals surface area contributed by atoms with Crippen molar-refractivity contribution in [2.45, 2.75) is 38.3 Å². The first-order chi connectivity index (χ1) is 18.9. The van der Waals surface area contributed by atoms with Crippen molar-refractivity contribution in [1.29, 1.82) is 0 Å². The van der Waals surface area contributed by atoms with Crippen LogP contribution in [0.2, 0.25) is 0 Å². The minimum Gasteiger partial charge on any atom is -0.475 e. The second-order valence-corrected chi connectivity index (χ2v) is 8.51. The fourth-order valence-electron chi connectivity index (χ4n) is 3.54. The number of hydrogen-bond acceptors (Lipinski definition) is 6. The Labute approximate surface area is 226 Å². The monoisotopic (exact) mass is 563 g/mol. The zero-order valence-electron chi connectivity index (χ0n) is 21.1. The van der Waals surface area contributed by atoms with Gasteiger partial charge in [0.15, 0.2) is 0 Å². The highest BCUT2D eigenvalue weighted by Gasteiger charge is 2.38. The summed E-state index contributed by atoms with van der Waals surface area (Å²) in [5, 5.41) is 12.8. The predicted octanol–water partition coefficient (Wildman–Crippen LogP) is 5.24. The van der Waals surface area contributed by atoms with E-state index in [1.165, 1.54) is 18.2 Å². The molecule has 0 aliphatic carbocycles. The fourth-order valence-corrected chi connectivity index (χ4v) is 3.54. The van der Waals surface area contributed by atoms with Gasteiger partial charge >= 0.3 is 18.2 Å². The number of carboxylic acids is 1. The number of carbonyl (C=O) groups is 3. The van der Waals surface area contributed by atoms with E-state index in [1.807, 2.05) is 30.3 Å². The van der Waals surface area contributed by atoms with Crippen LogP contribution in [-0.4, -0.2) is 46.9 Å². The number of hydrogen-bond donors (Lipinski definition) is 3. The molecule has 0 radical (unpaired) electrons. The predicted molar refractivity (Wildman–Crippen MR) is 134 cm³/mol. The van der Waals surface area contributed by atoms with Gasteiger partial charge in [-0.15, -0.1) is 0 Å². The Morgan fingerprint density at radius 3 is 2.52 bits per heavy atom. The van der Waals surface area contributed by atoms with Crippen molar-refractivity contribution < 1.29 is 46.5 Å². The third kappa shape index (κ3) is 8.76. The molecule has 0 spiro atoms. The van der Waals surface area contributed by atoms with Gasteiger partial charge in [0.25, 0.3) is 5.91 Å². The van der Waals surface area contributed by atoms with Crippen LogP contribution in [0, 0.1) is 5.82 Å². The number of ether oxygens (including phenoxy) is 2. The van der Waals surface area contributed by atoms with E-state index in [4.69, 9.17) is 19.4 Å². The maximum Gasteiger partial charge on any atom is 0.490 e. The number of amides is 2. The molecule has 4 rings (SSSR count). The standard InChI is InChI=1S/C25H24FN3O4.C2HF3O2/c1-16-24(30)28-21-8-7-19(26)14-20(21)18-9-11-27-23(13-18)22(10-12-32-16)29-25(31)33-15-17-5-3-2-4-6-17;3-2(4,5)1(6)7/h2-9,11,13-14,16,22H,10,12,15H2,1H3,(H,28,30)(H,29,31);(H,6,7)/t16?,22-;/m0./s1. The Bertz CT molecular complexity index is 1340. The number of nitrogens with zero attached hydrogens (tertiary/aromatic N) is 1. The summed E-state index contributed by atoms with van der Waals surface area (Å²) in [4.78, 5) is 38.4. The number of benzene rings is 2. The van der Waals surface area contributed by atoms with E-state index < -0.39 is 36.2 Å². The van der Waals surface area contributed by atoms with Gasteiger partial charge in [0, 0.05) is 24.1 Å². The van der Waals surface area contributed by atoms with E-state index in [-0.39, 0.29) is 19.1 Å². The fraction of sp³-hybridized carbons (Fsp3) is 0.259. The number of fused-ring (bicyclic) bond motifs is 4. The molecule has 2 amide bonds. The minimum absolute atomic E-state index is 0.132. The molecule has 1 aliphatic heterocycles. The number of alkyl halides is 3. The van der Waals surface area contributed by atoms with Gasteiger partial charge in [-0.25, -0.2) is 14.0 Å². The molecular formula is C27H25F4N3O6. The molecule has 2 aromatic carbocycles. The summed E-state index contributed by atoms with van der Waals surface area (Å²) >= 11 is 0. The van der Waals surface area contributed by atoms with Gasteiger partial charge in [-0.05, 0) is 54.8 Å². The topological polar surface area (TPSA) is 127 Å². The Kier molecular flexibility index (Phi) is 10.1. The molecule has 2 atom stereocenters. The number of carbonyl (C=O) groups excluding carboxylic acids is 2. The van der Waals surface area contributed by atoms with Crippen LogP contribution in [0.25, 0.3) is 11.1 Å². The number of aliphatic carboxylic acids is 1. The number of rotatable bonds is 3. The van der Waals surface area contributed by atoms with Crippen LogP contribution in [0.15, 0.2) is 66.9 Å². The second kappa shape index (κ2) is 13.5. The molecule has 0 fully saturated rings. The number of alkyl carbamates (subject to hydrolysis) is 1. The van der Waals surface area contributed by atoms with Crippen LogP contribution < -0.4 is 10.6 Å². The SMILES string of the molecule is CC1OCC[C@H](NC(=O)OCc2ccccc2)c2cc(ccn2)-c2cc(F)ccc2NC1=O.O=C(O)C(F)(F)F. The van der Waals surface area contributed by atoms with Gasteiger partial charge in [-0.3, -0.25) is 9.78 Å². The van der Waals surface area contributed by atoms with Crippen molar-refractivity contribution in [1.82, 2.24) is 10.3 Å². The largest absolute Gasteiger partial charge is 0.490 e. The first-order valence-electron chi connectivity index (χ1n) is 11.9. The highest BCUT2D eigenvalue weighted by molar-refractivity contribution is 5.97. The molecule has 2 bridgehead atoms. The lowest BCUT2D eigenvalue weighted by molar-refractivity contribution is -0.192. The molecule has 1 aromatic heterocycles. The van der Waals surface area contributed by atoms with Gasteiger partial charge in [-0.2, -0.15) is 13.2 Å². The van der Waals surface area contributed by atoms with Gasteiger partial charge in [0.05, 0.1) is 11.7 Å². The van der Waals surface area contributed by atoms with Crippen LogP contribution in [0.4, 0.5) is 28.0 Å². The van der Waals surface area contributed by atoms with Gasteiger partial charge in [0.1, 0.15) is 18.5 Å². The summed E-state index contributed by atoms with van der Waals surface area (Å²) < 4.78 is 56.8. The highest BCUT2D eigenvalue weighted by Crippen LogP contribution is 2.31. The summed E-state index contributed by atoms with van der Waals surface area (Å²) in [6, 6.07) is 16.5. The average molecular weight is 564 g/mol. The Morgan fingerprint density at radius 1 is 1.15 bits per heavy atom. The highest BCUT2D eigenvalue weighted by atomic mass is 19.4. The van der Waals surface area contributed by atoms with E-state index in [2.05, 4.69) is 15.6 Å². The van der Waals surface area contributed by atoms with Crippen molar-refractivity contribution >= 4 is 23.7 Å². The smallest absolute Gasteiger partial charge is 0.475 e. The number of pyridine rings is 1. The summed E-state index contributed by atoms with van der Waals surface area (Å²) in [5.74, 6) is -3.53. The maximum atomic E-state index is 14.0. The summed E-state index contributed by atoms with van der Waals surface area (Å²) in [7, 11) is 0. The van der Waals surface area contributed by atoms with Crippen LogP contribution in [-0.2, 0) is 25.7 Å². The van der Waals surface area contributed by atoms with Crippen LogP contribution in [0.1, 0.15) is 30.6 Å². The lowest BCUT2D eigenvalue weighted by Gasteiger charge is -2.22. The average Bonchev–Trinajstić information content (AvgIpc) is 2.92. The van der Waals surface area contributed by atoms with Crippen LogP contribution >= 0.6 is 0 Å². The van der Waals surface area contributed by atoms with Gasteiger partial charge < -0.3 is 25.2 Å². The molecule has 212 valence electrons. The zero-order chi connectivity index (χ0) is 29.3. The Hall–Kier alpha value is -4.52. The number of halogens is 4. The summed E-state index contributed by atoms with van der Waals surface area (Å²) in [6.45, 7) is 1.98. The molecular weight excluding hydrogens is 538 g/mol. The Balaban J connectivity index is 0.000000559. The van der Waals surface area contributed by atoms with Gasteiger partial charge in [0.2, 0.25) is 0 Å². The lowest BCUT2D eigenvalue weighted by atomic mass is 10.0. The van der Waals surface area contributed by atoms with Crippen molar-refractivity contribution in [3.05, 3.63) is 83.9 Å². The summed E-state index contributed by atoms with van der Waals surface area (Å²) in [5.41, 5.74) is 3.07. The first kappa shape index (κ1) is 30.0. The van der Waals surface area contributed by atoms with Crippen molar-refractivity contribution in [2.75, 3.05) is 11.9 Å². The number of aromatic nitrogens is 1. The first-order valence-corrected chi connectivity index (χ1v) is 11.9. The third-order valence-corrected chi connectivity index (χ3v) is 5.58. The summed E-state index contributed by atoms with van der Waals surface area (Å²) in [6.07, 6.45) is -4.47. The lowest BCUT2D eigenvalue weighted by Crippen LogP contribution is -2.32. The molecule has 3 aromatic rings. The molecule has 40 heavy (non-hydrogen) atoms. The van der Waals surface area contributed by atoms with Crippen LogP contribution in [0.5, 0.6) is 0 Å². The molecule has 9 nitrogen and oxygen atoms in total. The van der Waals surface area contributed by atoms with E-state index in [9.17, 15) is 27.2 Å². The van der Waals surface area contributed by atoms with E-state index in [1.54, 1.807) is 25.3 Å². The minimum atomic E-state index is -5.08. The molecule has 3 N–H and O–H groups in total. The maximum absolute atomic E-state index is 14.0.